The Balaban J connectivity index is 2.05. The second kappa shape index (κ2) is 7.23. The van der Waals surface area contributed by atoms with Crippen molar-refractivity contribution in [3.8, 4) is 0 Å². The first-order valence-electron chi connectivity index (χ1n) is 6.22. The summed E-state index contributed by atoms with van der Waals surface area (Å²) in [4.78, 5) is 23.2. The largest absolute Gasteiger partial charge is 0.480 e. The second-order valence-corrected chi connectivity index (χ2v) is 7.03. The predicted octanol–water partition coefficient (Wildman–Crippen LogP) is 1.36. The topological polar surface area (TPSA) is 109 Å². The molecule has 0 aliphatic rings. The molecule has 22 heavy (non-hydrogen) atoms. The molecule has 0 saturated heterocycles. The summed E-state index contributed by atoms with van der Waals surface area (Å²) in [7, 11) is -1.89. The van der Waals surface area contributed by atoms with Gasteiger partial charge in [-0.05, 0) is 12.5 Å². The standard InChI is InChI=1S/C13H13N3O4S2/c1-8-15-16-13(21-8)14-10(17)7-22(20)11(12(18)19)9-5-3-2-4-6-9/h2-6,11H,7H2,1H3,(H,18,19)(H,14,16,17). The number of hydrogen-bond donors (Lipinski definition) is 2. The van der Waals surface area contributed by atoms with Gasteiger partial charge in [0.15, 0.2) is 5.25 Å². The molecule has 0 saturated carbocycles. The van der Waals surface area contributed by atoms with Gasteiger partial charge >= 0.3 is 5.97 Å². The van der Waals surface area contributed by atoms with Crippen molar-refractivity contribution in [2.75, 3.05) is 11.1 Å². The molecular weight excluding hydrogens is 326 g/mol. The van der Waals surface area contributed by atoms with Crippen LogP contribution in [0.2, 0.25) is 0 Å². The van der Waals surface area contributed by atoms with Gasteiger partial charge in [0.25, 0.3) is 0 Å². The van der Waals surface area contributed by atoms with Crippen molar-refractivity contribution in [3.63, 3.8) is 0 Å². The van der Waals surface area contributed by atoms with Crippen LogP contribution in [0, 0.1) is 6.92 Å². The number of benzene rings is 1. The molecule has 2 atom stereocenters. The number of aromatic nitrogens is 2. The van der Waals surface area contributed by atoms with Gasteiger partial charge in [-0.1, -0.05) is 41.7 Å². The van der Waals surface area contributed by atoms with Crippen molar-refractivity contribution in [3.05, 3.63) is 40.9 Å². The SMILES string of the molecule is Cc1nnc(NC(=O)CS(=O)C(C(=O)O)c2ccccc2)s1. The Morgan fingerprint density at radius 1 is 1.32 bits per heavy atom. The minimum atomic E-state index is -1.89. The van der Waals surface area contributed by atoms with Crippen LogP contribution in [0.5, 0.6) is 0 Å². The van der Waals surface area contributed by atoms with Crippen LogP contribution in [-0.4, -0.2) is 37.1 Å². The molecule has 0 fully saturated rings. The van der Waals surface area contributed by atoms with Crippen LogP contribution in [0.3, 0.4) is 0 Å². The highest BCUT2D eigenvalue weighted by atomic mass is 32.2. The highest BCUT2D eigenvalue weighted by Gasteiger charge is 2.28. The molecule has 1 amide bonds. The van der Waals surface area contributed by atoms with Gasteiger partial charge in [-0.15, -0.1) is 10.2 Å². The number of rotatable bonds is 6. The van der Waals surface area contributed by atoms with Crippen molar-refractivity contribution in [1.29, 1.82) is 0 Å². The first-order chi connectivity index (χ1) is 10.5. The van der Waals surface area contributed by atoms with E-state index in [9.17, 15) is 18.9 Å². The molecule has 2 aromatic rings. The second-order valence-electron chi connectivity index (χ2n) is 4.33. The van der Waals surface area contributed by atoms with Crippen LogP contribution in [0.1, 0.15) is 15.8 Å². The number of nitrogens with one attached hydrogen (secondary N) is 1. The van der Waals surface area contributed by atoms with E-state index in [1.807, 2.05) is 0 Å². The normalized spacial score (nSPS) is 13.3. The summed E-state index contributed by atoms with van der Waals surface area (Å²) in [6, 6.07) is 8.19. The van der Waals surface area contributed by atoms with Crippen LogP contribution in [0.4, 0.5) is 5.13 Å². The van der Waals surface area contributed by atoms with Crippen LogP contribution < -0.4 is 5.32 Å². The Kier molecular flexibility index (Phi) is 5.34. The van der Waals surface area contributed by atoms with E-state index in [0.29, 0.717) is 15.7 Å². The van der Waals surface area contributed by atoms with Crippen LogP contribution in [-0.2, 0) is 20.4 Å². The number of carbonyl (C=O) groups excluding carboxylic acids is 1. The number of anilines is 1. The molecule has 1 aromatic heterocycles. The lowest BCUT2D eigenvalue weighted by Crippen LogP contribution is -2.26. The number of hydrogen-bond acceptors (Lipinski definition) is 6. The first kappa shape index (κ1) is 16.2. The van der Waals surface area contributed by atoms with Crippen LogP contribution in [0.15, 0.2) is 30.3 Å². The molecule has 116 valence electrons. The lowest BCUT2D eigenvalue weighted by molar-refractivity contribution is -0.136. The molecule has 2 N–H and O–H groups in total. The molecule has 0 radical (unpaired) electrons. The summed E-state index contributed by atoms with van der Waals surface area (Å²) in [6.07, 6.45) is 0. The Bertz CT molecular complexity index is 702. The van der Waals surface area contributed by atoms with E-state index in [-0.39, 0.29) is 0 Å². The van der Waals surface area contributed by atoms with Gasteiger partial charge in [0.05, 0.1) is 0 Å². The number of nitrogens with zero attached hydrogens (tertiary/aromatic N) is 2. The van der Waals surface area contributed by atoms with E-state index >= 15 is 0 Å². The Hall–Kier alpha value is -2.13. The quantitative estimate of drug-likeness (QED) is 0.822. The maximum absolute atomic E-state index is 12.2. The van der Waals surface area contributed by atoms with Crippen molar-refractivity contribution in [1.82, 2.24) is 10.2 Å². The predicted molar refractivity (Wildman–Crippen MR) is 83.1 cm³/mol. The minimum Gasteiger partial charge on any atom is -0.480 e. The van der Waals surface area contributed by atoms with Crippen molar-refractivity contribution < 1.29 is 18.9 Å². The number of carboxylic acids is 1. The molecule has 0 aliphatic carbocycles. The third-order valence-electron chi connectivity index (χ3n) is 2.64. The van der Waals surface area contributed by atoms with Gasteiger partial charge in [0, 0.05) is 10.8 Å². The average molecular weight is 339 g/mol. The Labute approximate surface area is 132 Å². The van der Waals surface area contributed by atoms with Crippen molar-refractivity contribution >= 4 is 39.1 Å². The van der Waals surface area contributed by atoms with Crippen molar-refractivity contribution in [2.45, 2.75) is 12.2 Å². The van der Waals surface area contributed by atoms with Gasteiger partial charge in [-0.3, -0.25) is 19.1 Å². The molecular formula is C13H13N3O4S2. The molecule has 9 heteroatoms. The summed E-state index contributed by atoms with van der Waals surface area (Å²) >= 11 is 1.18. The minimum absolute atomic E-state index is 0.297. The number of carbonyl (C=O) groups is 2. The maximum atomic E-state index is 12.2. The highest BCUT2D eigenvalue weighted by Crippen LogP contribution is 2.21. The number of carboxylic acid groups (broad SMARTS) is 1. The molecule has 1 heterocycles. The fraction of sp³-hybridized carbons (Fsp3) is 0.231. The first-order valence-corrected chi connectivity index (χ1v) is 8.42. The summed E-state index contributed by atoms with van der Waals surface area (Å²) < 4.78 is 12.2. The summed E-state index contributed by atoms with van der Waals surface area (Å²) in [5.74, 6) is -2.22. The van der Waals surface area contributed by atoms with Crippen LogP contribution in [0.25, 0.3) is 0 Å². The van der Waals surface area contributed by atoms with Gasteiger partial charge in [-0.25, -0.2) is 0 Å². The zero-order valence-electron chi connectivity index (χ0n) is 11.6. The van der Waals surface area contributed by atoms with E-state index < -0.39 is 33.7 Å². The number of aliphatic carboxylic acids is 1. The smallest absolute Gasteiger partial charge is 0.323 e. The maximum Gasteiger partial charge on any atom is 0.323 e. The Morgan fingerprint density at radius 3 is 2.55 bits per heavy atom. The lowest BCUT2D eigenvalue weighted by atomic mass is 10.1. The van der Waals surface area contributed by atoms with Gasteiger partial charge in [0.1, 0.15) is 10.8 Å². The summed E-state index contributed by atoms with van der Waals surface area (Å²) in [5.41, 5.74) is 0.396. The van der Waals surface area contributed by atoms with Crippen LogP contribution >= 0.6 is 11.3 Å². The van der Waals surface area contributed by atoms with Gasteiger partial charge < -0.3 is 5.11 Å². The van der Waals surface area contributed by atoms with E-state index in [1.165, 1.54) is 11.3 Å². The summed E-state index contributed by atoms with van der Waals surface area (Å²) in [6.45, 7) is 1.74. The number of amides is 1. The summed E-state index contributed by atoms with van der Waals surface area (Å²) in [5, 5.41) is 18.9. The van der Waals surface area contributed by atoms with E-state index in [1.54, 1.807) is 37.3 Å². The Morgan fingerprint density at radius 2 is 2.00 bits per heavy atom. The van der Waals surface area contributed by atoms with Gasteiger partial charge in [-0.2, -0.15) is 0 Å². The molecule has 0 aliphatic heterocycles. The zero-order valence-corrected chi connectivity index (χ0v) is 13.2. The molecule has 7 nitrogen and oxygen atoms in total. The molecule has 2 rings (SSSR count). The number of aryl methyl sites for hydroxylation is 1. The monoisotopic (exact) mass is 339 g/mol. The fourth-order valence-electron chi connectivity index (χ4n) is 1.75. The molecule has 1 aromatic carbocycles. The average Bonchev–Trinajstić information content (AvgIpc) is 2.84. The van der Waals surface area contributed by atoms with Gasteiger partial charge in [0.2, 0.25) is 11.0 Å². The third kappa shape index (κ3) is 4.18. The molecule has 0 bridgehead atoms. The van der Waals surface area contributed by atoms with E-state index in [2.05, 4.69) is 15.5 Å². The van der Waals surface area contributed by atoms with E-state index in [0.717, 1.165) is 0 Å². The molecule has 0 spiro atoms. The fourth-order valence-corrected chi connectivity index (χ4v) is 3.54. The van der Waals surface area contributed by atoms with Crippen molar-refractivity contribution in [2.24, 2.45) is 0 Å². The molecule has 2 unspecified atom stereocenters. The third-order valence-corrected chi connectivity index (χ3v) is 4.94. The lowest BCUT2D eigenvalue weighted by Gasteiger charge is -2.12. The highest BCUT2D eigenvalue weighted by molar-refractivity contribution is 7.86. The zero-order chi connectivity index (χ0) is 16.1. The van der Waals surface area contributed by atoms with E-state index in [4.69, 9.17) is 0 Å².